The number of rotatable bonds is 8. The largest absolute Gasteiger partial charge is 0.497 e. The van der Waals surface area contributed by atoms with Crippen molar-refractivity contribution in [2.24, 2.45) is 0 Å². The van der Waals surface area contributed by atoms with Gasteiger partial charge in [0.15, 0.2) is 0 Å². The Balaban J connectivity index is 1.25. The predicted octanol–water partition coefficient (Wildman–Crippen LogP) is 3.37. The van der Waals surface area contributed by atoms with Gasteiger partial charge in [-0.1, -0.05) is 5.21 Å². The number of sulfonamides is 1. The van der Waals surface area contributed by atoms with E-state index in [4.69, 9.17) is 4.74 Å². The maximum Gasteiger partial charge on any atom is 0.416 e. The summed E-state index contributed by atoms with van der Waals surface area (Å²) in [5.41, 5.74) is 0.849. The van der Waals surface area contributed by atoms with Crippen molar-refractivity contribution in [3.8, 4) is 17.0 Å². The summed E-state index contributed by atoms with van der Waals surface area (Å²) >= 11 is 0. The maximum atomic E-state index is 12.8. The molecule has 0 spiro atoms. The Morgan fingerprint density at radius 2 is 1.60 bits per heavy atom. The number of benzene rings is 2. The number of hydrogen-bond acceptors (Lipinski definition) is 6. The van der Waals surface area contributed by atoms with Crippen LogP contribution in [0.1, 0.15) is 12.0 Å². The SMILES string of the molecule is COc1ccc(-c2cn(CCCN3CCN(S(=O)(=O)c4ccc(C(F)(F)F)cc4)CC3)nn2)cc1. The fraction of sp³-hybridized carbons (Fsp3) is 0.391. The van der Waals surface area contributed by atoms with E-state index in [2.05, 4.69) is 15.2 Å². The normalized spacial score (nSPS) is 15.9. The molecule has 0 atom stereocenters. The van der Waals surface area contributed by atoms with Crippen molar-refractivity contribution < 1.29 is 26.3 Å². The van der Waals surface area contributed by atoms with Crippen LogP contribution < -0.4 is 4.74 Å². The molecule has 2 aromatic carbocycles. The second-order valence-corrected chi connectivity index (χ2v) is 10.2. The fourth-order valence-corrected chi connectivity index (χ4v) is 5.34. The minimum atomic E-state index is -4.50. The fourth-order valence-electron chi connectivity index (χ4n) is 3.92. The average molecular weight is 510 g/mol. The molecule has 2 heterocycles. The van der Waals surface area contributed by atoms with Crippen LogP contribution in [0.15, 0.2) is 59.6 Å². The monoisotopic (exact) mass is 509 g/mol. The predicted molar refractivity (Wildman–Crippen MR) is 123 cm³/mol. The van der Waals surface area contributed by atoms with E-state index in [-0.39, 0.29) is 18.0 Å². The summed E-state index contributed by atoms with van der Waals surface area (Å²) in [5, 5.41) is 8.39. The Hall–Kier alpha value is -2.96. The first-order chi connectivity index (χ1) is 16.7. The Labute approximate surface area is 202 Å². The third kappa shape index (κ3) is 6.00. The van der Waals surface area contributed by atoms with Crippen LogP contribution >= 0.6 is 0 Å². The molecule has 1 aromatic heterocycles. The van der Waals surface area contributed by atoms with Gasteiger partial charge >= 0.3 is 6.18 Å². The first kappa shape index (κ1) is 25.1. The highest BCUT2D eigenvalue weighted by Crippen LogP contribution is 2.30. The van der Waals surface area contributed by atoms with Crippen LogP contribution in [-0.4, -0.2) is 72.5 Å². The van der Waals surface area contributed by atoms with E-state index >= 15 is 0 Å². The minimum Gasteiger partial charge on any atom is -0.497 e. The van der Waals surface area contributed by atoms with Gasteiger partial charge in [-0.05, 0) is 55.0 Å². The van der Waals surface area contributed by atoms with Crippen LogP contribution in [-0.2, 0) is 22.7 Å². The summed E-state index contributed by atoms with van der Waals surface area (Å²) in [5.74, 6) is 0.772. The molecule has 1 aliphatic heterocycles. The van der Waals surface area contributed by atoms with E-state index in [1.54, 1.807) is 11.8 Å². The van der Waals surface area contributed by atoms with E-state index < -0.39 is 21.8 Å². The molecule has 0 amide bonds. The van der Waals surface area contributed by atoms with Gasteiger partial charge in [-0.3, -0.25) is 4.68 Å². The lowest BCUT2D eigenvalue weighted by atomic mass is 10.2. The third-order valence-electron chi connectivity index (χ3n) is 5.94. The van der Waals surface area contributed by atoms with Crippen molar-refractivity contribution >= 4 is 10.0 Å². The van der Waals surface area contributed by atoms with E-state index in [9.17, 15) is 21.6 Å². The molecule has 1 fully saturated rings. The summed E-state index contributed by atoms with van der Waals surface area (Å²) < 4.78 is 72.1. The summed E-state index contributed by atoms with van der Waals surface area (Å²) in [6.45, 7) is 3.12. The molecule has 0 radical (unpaired) electrons. The standard InChI is InChI=1S/C23H26F3N5O3S/c1-34-20-7-3-18(4-8-20)22-17-30(28-27-22)12-2-11-29-13-15-31(16-14-29)35(32,33)21-9-5-19(6-10-21)23(24,25)26/h3-10,17H,2,11-16H2,1H3. The molecular weight excluding hydrogens is 483 g/mol. The zero-order chi connectivity index (χ0) is 25.1. The number of hydrogen-bond donors (Lipinski definition) is 0. The van der Waals surface area contributed by atoms with Crippen molar-refractivity contribution in [2.75, 3.05) is 39.8 Å². The number of methoxy groups -OCH3 is 1. The second kappa shape index (κ2) is 10.3. The molecule has 0 aliphatic carbocycles. The van der Waals surface area contributed by atoms with E-state index in [1.807, 2.05) is 30.5 Å². The zero-order valence-electron chi connectivity index (χ0n) is 19.1. The lowest BCUT2D eigenvalue weighted by molar-refractivity contribution is -0.137. The van der Waals surface area contributed by atoms with Crippen LogP contribution in [0.2, 0.25) is 0 Å². The average Bonchev–Trinajstić information content (AvgIpc) is 3.33. The molecule has 1 saturated heterocycles. The van der Waals surface area contributed by atoms with Crippen LogP contribution in [0.5, 0.6) is 5.75 Å². The van der Waals surface area contributed by atoms with Crippen molar-refractivity contribution in [3.05, 3.63) is 60.3 Å². The number of ether oxygens (including phenoxy) is 1. The van der Waals surface area contributed by atoms with Crippen molar-refractivity contribution in [1.82, 2.24) is 24.2 Å². The van der Waals surface area contributed by atoms with Crippen LogP contribution in [0.25, 0.3) is 11.3 Å². The Morgan fingerprint density at radius 1 is 0.943 bits per heavy atom. The molecule has 0 bridgehead atoms. The van der Waals surface area contributed by atoms with Gasteiger partial charge in [0.2, 0.25) is 10.0 Å². The highest BCUT2D eigenvalue weighted by Gasteiger charge is 2.32. The van der Waals surface area contributed by atoms with Crippen LogP contribution in [0, 0.1) is 0 Å². The van der Waals surface area contributed by atoms with Gasteiger partial charge in [-0.2, -0.15) is 17.5 Å². The number of halogens is 3. The van der Waals surface area contributed by atoms with Gasteiger partial charge < -0.3 is 9.64 Å². The molecule has 12 heteroatoms. The van der Waals surface area contributed by atoms with Crippen LogP contribution in [0.4, 0.5) is 13.2 Å². The lowest BCUT2D eigenvalue weighted by Gasteiger charge is -2.34. The van der Waals surface area contributed by atoms with Crippen molar-refractivity contribution in [3.63, 3.8) is 0 Å². The molecule has 3 aromatic rings. The van der Waals surface area contributed by atoms with Gasteiger partial charge in [0.05, 0.1) is 23.8 Å². The molecule has 35 heavy (non-hydrogen) atoms. The van der Waals surface area contributed by atoms with E-state index in [1.165, 1.54) is 4.31 Å². The molecule has 188 valence electrons. The van der Waals surface area contributed by atoms with Gasteiger partial charge in [0.25, 0.3) is 0 Å². The summed E-state index contributed by atoms with van der Waals surface area (Å²) in [6, 6.07) is 11.2. The maximum absolute atomic E-state index is 12.8. The van der Waals surface area contributed by atoms with Gasteiger partial charge in [-0.25, -0.2) is 8.42 Å². The Bertz CT molecular complexity index is 1220. The van der Waals surface area contributed by atoms with Gasteiger partial charge in [0.1, 0.15) is 11.4 Å². The quantitative estimate of drug-likeness (QED) is 0.463. The van der Waals surface area contributed by atoms with E-state index in [0.717, 1.165) is 54.2 Å². The summed E-state index contributed by atoms with van der Waals surface area (Å²) in [4.78, 5) is 2.04. The molecule has 0 unspecified atom stereocenters. The first-order valence-electron chi connectivity index (χ1n) is 11.1. The molecule has 8 nitrogen and oxygen atoms in total. The third-order valence-corrected chi connectivity index (χ3v) is 7.85. The van der Waals surface area contributed by atoms with Crippen LogP contribution in [0.3, 0.4) is 0 Å². The topological polar surface area (TPSA) is 80.6 Å². The van der Waals surface area contributed by atoms with Gasteiger partial charge in [0, 0.05) is 44.8 Å². The Kier molecular flexibility index (Phi) is 7.43. The summed E-state index contributed by atoms with van der Waals surface area (Å²) in [7, 11) is -2.22. The number of nitrogens with zero attached hydrogens (tertiary/aromatic N) is 5. The molecule has 4 rings (SSSR count). The highest BCUT2D eigenvalue weighted by atomic mass is 32.2. The lowest BCUT2D eigenvalue weighted by Crippen LogP contribution is -2.48. The smallest absolute Gasteiger partial charge is 0.416 e. The van der Waals surface area contributed by atoms with E-state index in [0.29, 0.717) is 19.6 Å². The molecule has 1 aliphatic rings. The number of aromatic nitrogens is 3. The zero-order valence-corrected chi connectivity index (χ0v) is 20.0. The molecule has 0 saturated carbocycles. The minimum absolute atomic E-state index is 0.127. The number of aryl methyl sites for hydroxylation is 1. The Morgan fingerprint density at radius 3 is 2.20 bits per heavy atom. The highest BCUT2D eigenvalue weighted by molar-refractivity contribution is 7.89. The molecule has 0 N–H and O–H groups in total. The van der Waals surface area contributed by atoms with Crippen molar-refractivity contribution in [2.45, 2.75) is 24.0 Å². The number of piperazine rings is 1. The molecular formula is C23H26F3N5O3S. The summed E-state index contributed by atoms with van der Waals surface area (Å²) in [6.07, 6.45) is -1.80. The second-order valence-electron chi connectivity index (χ2n) is 8.22. The van der Waals surface area contributed by atoms with Gasteiger partial charge in [-0.15, -0.1) is 5.10 Å². The van der Waals surface area contributed by atoms with Crippen molar-refractivity contribution in [1.29, 1.82) is 0 Å². The first-order valence-corrected chi connectivity index (χ1v) is 12.5. The number of alkyl halides is 3.